The molecule has 0 amide bonds. The summed E-state index contributed by atoms with van der Waals surface area (Å²) in [6.07, 6.45) is 1.40. The number of benzene rings is 1. The predicted octanol–water partition coefficient (Wildman–Crippen LogP) is 2.70. The predicted molar refractivity (Wildman–Crippen MR) is 85.5 cm³/mol. The van der Waals surface area contributed by atoms with Crippen molar-refractivity contribution in [2.45, 2.75) is 26.8 Å². The molecule has 0 spiro atoms. The molecule has 1 aromatic rings. The summed E-state index contributed by atoms with van der Waals surface area (Å²) in [4.78, 5) is 24.2. The Kier molecular flexibility index (Phi) is 7.16. The molecule has 120 valence electrons. The maximum Gasteiger partial charge on any atom is 0.329 e. The highest BCUT2D eigenvalue weighted by Gasteiger charge is 2.33. The Balaban J connectivity index is 3.00. The van der Waals surface area contributed by atoms with Crippen LogP contribution in [0.4, 0.5) is 5.69 Å². The summed E-state index contributed by atoms with van der Waals surface area (Å²) in [7, 11) is 0. The van der Waals surface area contributed by atoms with Gasteiger partial charge in [-0.15, -0.1) is 6.58 Å². The molecule has 0 fully saturated rings. The monoisotopic (exact) mass is 305 g/mol. The van der Waals surface area contributed by atoms with Gasteiger partial charge in [0.1, 0.15) is 12.0 Å². The summed E-state index contributed by atoms with van der Waals surface area (Å²) in [5.74, 6) is -1.84. The second-order valence-electron chi connectivity index (χ2n) is 4.75. The van der Waals surface area contributed by atoms with E-state index in [1.54, 1.807) is 13.8 Å². The van der Waals surface area contributed by atoms with E-state index in [4.69, 9.17) is 9.47 Å². The fourth-order valence-electron chi connectivity index (χ4n) is 1.96. The van der Waals surface area contributed by atoms with Crippen molar-refractivity contribution in [1.82, 2.24) is 0 Å². The number of esters is 2. The van der Waals surface area contributed by atoms with Gasteiger partial charge in [0.05, 0.1) is 13.2 Å². The van der Waals surface area contributed by atoms with Gasteiger partial charge in [-0.2, -0.15) is 0 Å². The van der Waals surface area contributed by atoms with Crippen molar-refractivity contribution in [1.29, 1.82) is 0 Å². The number of carbonyl (C=O) groups excluding carboxylic acids is 2. The van der Waals surface area contributed by atoms with Crippen molar-refractivity contribution in [2.24, 2.45) is 5.92 Å². The molecule has 0 unspecified atom stereocenters. The average Bonchev–Trinajstić information content (AvgIpc) is 2.49. The molecule has 0 aliphatic rings. The number of hydrogen-bond donors (Lipinski definition) is 1. The fraction of sp³-hybridized carbons (Fsp3) is 0.412. The quantitative estimate of drug-likeness (QED) is 0.591. The second-order valence-corrected chi connectivity index (χ2v) is 4.75. The van der Waals surface area contributed by atoms with Crippen LogP contribution in [-0.2, 0) is 19.1 Å². The lowest BCUT2D eigenvalue weighted by molar-refractivity contribution is -0.153. The lowest BCUT2D eigenvalue weighted by Crippen LogP contribution is -2.42. The number of anilines is 1. The minimum Gasteiger partial charge on any atom is -0.465 e. The lowest BCUT2D eigenvalue weighted by atomic mass is 9.99. The Bertz CT molecular complexity index is 510. The summed E-state index contributed by atoms with van der Waals surface area (Å²) < 4.78 is 10.1. The molecule has 0 radical (unpaired) electrons. The largest absolute Gasteiger partial charge is 0.465 e. The van der Waals surface area contributed by atoms with Crippen LogP contribution in [0.5, 0.6) is 0 Å². The van der Waals surface area contributed by atoms with E-state index in [1.165, 1.54) is 6.08 Å². The summed E-state index contributed by atoms with van der Waals surface area (Å²) in [6, 6.07) is 6.63. The van der Waals surface area contributed by atoms with Crippen molar-refractivity contribution in [2.75, 3.05) is 18.5 Å². The fourth-order valence-corrected chi connectivity index (χ4v) is 1.96. The van der Waals surface area contributed by atoms with E-state index >= 15 is 0 Å². The van der Waals surface area contributed by atoms with Crippen LogP contribution in [0.15, 0.2) is 36.9 Å². The van der Waals surface area contributed by atoms with Crippen LogP contribution in [0, 0.1) is 12.8 Å². The average molecular weight is 305 g/mol. The molecule has 0 bridgehead atoms. The molecule has 0 saturated heterocycles. The molecule has 0 aliphatic heterocycles. The van der Waals surface area contributed by atoms with Gasteiger partial charge >= 0.3 is 11.9 Å². The minimum absolute atomic E-state index is 0.234. The lowest BCUT2D eigenvalue weighted by Gasteiger charge is -2.23. The zero-order chi connectivity index (χ0) is 16.5. The topological polar surface area (TPSA) is 64.6 Å². The molecular weight excluding hydrogens is 282 g/mol. The van der Waals surface area contributed by atoms with E-state index < -0.39 is 23.9 Å². The Morgan fingerprint density at radius 2 is 1.68 bits per heavy atom. The molecule has 1 aromatic carbocycles. The molecule has 22 heavy (non-hydrogen) atoms. The van der Waals surface area contributed by atoms with E-state index in [0.29, 0.717) is 0 Å². The molecule has 5 nitrogen and oxygen atoms in total. The highest BCUT2D eigenvalue weighted by molar-refractivity contribution is 5.88. The summed E-state index contributed by atoms with van der Waals surface area (Å²) >= 11 is 0. The molecule has 1 rings (SSSR count). The first-order chi connectivity index (χ1) is 10.5. The normalized spacial score (nSPS) is 12.9. The van der Waals surface area contributed by atoms with Crippen molar-refractivity contribution in [3.63, 3.8) is 0 Å². The highest BCUT2D eigenvalue weighted by Crippen LogP contribution is 2.17. The Morgan fingerprint density at radius 1 is 1.14 bits per heavy atom. The van der Waals surface area contributed by atoms with E-state index in [1.807, 2.05) is 31.2 Å². The first-order valence-electron chi connectivity index (χ1n) is 7.32. The standard InChI is InChI=1S/C17H23NO4/c1-5-14(16(19)21-6-2)15(17(20)22-7-3)18-13-10-8-12(4)9-11-13/h5,8-11,14-15,18H,1,6-7H2,2-4H3/t14-,15+/m0/s1. The first kappa shape index (κ1) is 17.8. The van der Waals surface area contributed by atoms with Gasteiger partial charge in [-0.25, -0.2) is 4.79 Å². The van der Waals surface area contributed by atoms with Gasteiger partial charge in [0, 0.05) is 5.69 Å². The van der Waals surface area contributed by atoms with Gasteiger partial charge in [-0.3, -0.25) is 4.79 Å². The van der Waals surface area contributed by atoms with Crippen LogP contribution in [0.2, 0.25) is 0 Å². The number of aryl methyl sites for hydroxylation is 1. The SMILES string of the molecule is C=C[C@H](C(=O)OCC)[C@@H](Nc1ccc(C)cc1)C(=O)OCC. The zero-order valence-electron chi connectivity index (χ0n) is 13.3. The molecular formula is C17H23NO4. The summed E-state index contributed by atoms with van der Waals surface area (Å²) in [5, 5.41) is 3.03. The third-order valence-corrected chi connectivity index (χ3v) is 3.09. The van der Waals surface area contributed by atoms with Gasteiger partial charge in [-0.05, 0) is 32.9 Å². The van der Waals surface area contributed by atoms with Crippen LogP contribution in [-0.4, -0.2) is 31.2 Å². The second kappa shape index (κ2) is 8.87. The Labute approximate surface area is 131 Å². The Hall–Kier alpha value is -2.30. The van der Waals surface area contributed by atoms with Crippen LogP contribution < -0.4 is 5.32 Å². The minimum atomic E-state index is -0.876. The van der Waals surface area contributed by atoms with Gasteiger partial charge in [-0.1, -0.05) is 23.8 Å². The molecule has 5 heteroatoms. The van der Waals surface area contributed by atoms with Gasteiger partial charge in [0.2, 0.25) is 0 Å². The maximum atomic E-state index is 12.2. The van der Waals surface area contributed by atoms with Crippen molar-refractivity contribution < 1.29 is 19.1 Å². The van der Waals surface area contributed by atoms with E-state index in [-0.39, 0.29) is 13.2 Å². The van der Waals surface area contributed by atoms with Crippen molar-refractivity contribution in [3.8, 4) is 0 Å². The van der Waals surface area contributed by atoms with E-state index in [0.717, 1.165) is 11.3 Å². The van der Waals surface area contributed by atoms with Crippen LogP contribution in [0.1, 0.15) is 19.4 Å². The number of nitrogens with one attached hydrogen (secondary N) is 1. The molecule has 1 N–H and O–H groups in total. The van der Waals surface area contributed by atoms with E-state index in [9.17, 15) is 9.59 Å². The van der Waals surface area contributed by atoms with Gasteiger partial charge in [0.15, 0.2) is 0 Å². The maximum absolute atomic E-state index is 12.2. The first-order valence-corrected chi connectivity index (χ1v) is 7.32. The smallest absolute Gasteiger partial charge is 0.329 e. The third kappa shape index (κ3) is 4.91. The molecule has 2 atom stereocenters. The number of ether oxygens (including phenoxy) is 2. The number of rotatable bonds is 8. The molecule has 0 aromatic heterocycles. The number of carbonyl (C=O) groups is 2. The Morgan fingerprint density at radius 3 is 2.18 bits per heavy atom. The van der Waals surface area contributed by atoms with Crippen LogP contribution in [0.25, 0.3) is 0 Å². The van der Waals surface area contributed by atoms with Gasteiger partial charge in [0.25, 0.3) is 0 Å². The third-order valence-electron chi connectivity index (χ3n) is 3.09. The van der Waals surface area contributed by atoms with Gasteiger partial charge < -0.3 is 14.8 Å². The van der Waals surface area contributed by atoms with Crippen LogP contribution >= 0.6 is 0 Å². The number of hydrogen-bond acceptors (Lipinski definition) is 5. The summed E-state index contributed by atoms with van der Waals surface area (Å²) in [5.41, 5.74) is 1.82. The molecule has 0 saturated carbocycles. The zero-order valence-corrected chi connectivity index (χ0v) is 13.3. The summed E-state index contributed by atoms with van der Waals surface area (Å²) in [6.45, 7) is 9.51. The van der Waals surface area contributed by atoms with E-state index in [2.05, 4.69) is 11.9 Å². The highest BCUT2D eigenvalue weighted by atomic mass is 16.5. The van der Waals surface area contributed by atoms with Crippen molar-refractivity contribution in [3.05, 3.63) is 42.5 Å². The molecule has 0 heterocycles. The van der Waals surface area contributed by atoms with Crippen LogP contribution in [0.3, 0.4) is 0 Å². The van der Waals surface area contributed by atoms with Crippen molar-refractivity contribution >= 4 is 17.6 Å². The molecule has 0 aliphatic carbocycles.